The smallest absolute Gasteiger partial charge is 0.346 e. The average molecular weight is 463 g/mol. The molecule has 0 spiro atoms. The van der Waals surface area contributed by atoms with Crippen molar-refractivity contribution in [3.8, 4) is 5.69 Å². The van der Waals surface area contributed by atoms with Gasteiger partial charge in [-0.2, -0.15) is 13.2 Å². The second kappa shape index (κ2) is 9.39. The minimum atomic E-state index is -4.94. The number of nitrogens with one attached hydrogen (secondary N) is 1. The van der Waals surface area contributed by atoms with Crippen LogP contribution in [0.25, 0.3) is 5.69 Å². The first-order valence-electron chi connectivity index (χ1n) is 9.92. The van der Waals surface area contributed by atoms with E-state index < -0.39 is 29.3 Å². The van der Waals surface area contributed by atoms with Crippen LogP contribution in [-0.2, 0) is 12.7 Å². The number of halogens is 4. The van der Waals surface area contributed by atoms with E-state index in [4.69, 9.17) is 0 Å². The summed E-state index contributed by atoms with van der Waals surface area (Å²) in [5.41, 5.74) is -1.35. The summed E-state index contributed by atoms with van der Waals surface area (Å²) in [5.74, 6) is -1.88. The van der Waals surface area contributed by atoms with Crippen molar-refractivity contribution in [1.29, 1.82) is 0 Å². The third-order valence-electron chi connectivity index (χ3n) is 4.97. The van der Waals surface area contributed by atoms with E-state index in [0.717, 1.165) is 24.3 Å². The van der Waals surface area contributed by atoms with Crippen LogP contribution < -0.4 is 5.32 Å². The van der Waals surface area contributed by atoms with Gasteiger partial charge in [0.2, 0.25) is 0 Å². The second-order valence-electron chi connectivity index (χ2n) is 7.56. The van der Waals surface area contributed by atoms with Crippen molar-refractivity contribution < 1.29 is 27.2 Å². The van der Waals surface area contributed by atoms with Gasteiger partial charge in [0.05, 0.1) is 5.69 Å². The number of alkyl halides is 3. The zero-order valence-electron chi connectivity index (χ0n) is 18.0. The van der Waals surface area contributed by atoms with Gasteiger partial charge in [-0.25, -0.2) is 9.07 Å². The van der Waals surface area contributed by atoms with E-state index in [-0.39, 0.29) is 24.2 Å². The van der Waals surface area contributed by atoms with E-state index in [9.17, 15) is 27.2 Å². The summed E-state index contributed by atoms with van der Waals surface area (Å²) in [6.07, 6.45) is -4.94. The Morgan fingerprint density at radius 1 is 1.06 bits per heavy atom. The Morgan fingerprint density at radius 3 is 2.21 bits per heavy atom. The Hall–Kier alpha value is -3.76. The molecule has 1 heterocycles. The Labute approximate surface area is 187 Å². The zero-order chi connectivity index (χ0) is 24.3. The van der Waals surface area contributed by atoms with Gasteiger partial charge >= 0.3 is 6.18 Å². The standard InChI is InChI=1S/C22H21F4N5O2/c1-13(2)30(3)21(33)15-6-4-14(5-7-15)12-27-20(32)18-19(22(24,25)26)31(29-28-18)17-10-8-16(23)9-11-17/h4-11,13H,12H2,1-3H3,(H,27,32). The molecule has 33 heavy (non-hydrogen) atoms. The highest BCUT2D eigenvalue weighted by Gasteiger charge is 2.42. The molecule has 0 aliphatic rings. The van der Waals surface area contributed by atoms with Gasteiger partial charge < -0.3 is 10.2 Å². The summed E-state index contributed by atoms with van der Waals surface area (Å²) in [5, 5.41) is 9.23. The Morgan fingerprint density at radius 2 is 1.67 bits per heavy atom. The summed E-state index contributed by atoms with van der Waals surface area (Å²) in [4.78, 5) is 26.4. The normalized spacial score (nSPS) is 11.5. The maximum atomic E-state index is 13.7. The molecule has 0 unspecified atom stereocenters. The molecule has 0 aliphatic heterocycles. The monoisotopic (exact) mass is 463 g/mol. The van der Waals surface area contributed by atoms with E-state index in [1.807, 2.05) is 13.8 Å². The van der Waals surface area contributed by atoms with Crippen LogP contribution in [0.1, 0.15) is 46.0 Å². The van der Waals surface area contributed by atoms with Gasteiger partial charge in [0.15, 0.2) is 11.4 Å². The number of benzene rings is 2. The Kier molecular flexibility index (Phi) is 6.80. The van der Waals surface area contributed by atoms with Crippen LogP contribution >= 0.6 is 0 Å². The first-order valence-corrected chi connectivity index (χ1v) is 9.92. The Bertz CT molecular complexity index is 1140. The van der Waals surface area contributed by atoms with Crippen LogP contribution in [-0.4, -0.2) is 44.8 Å². The van der Waals surface area contributed by atoms with Gasteiger partial charge in [-0.05, 0) is 55.8 Å². The van der Waals surface area contributed by atoms with E-state index in [0.29, 0.717) is 15.8 Å². The van der Waals surface area contributed by atoms with E-state index in [2.05, 4.69) is 15.6 Å². The van der Waals surface area contributed by atoms with Crippen LogP contribution in [0.15, 0.2) is 48.5 Å². The summed E-state index contributed by atoms with van der Waals surface area (Å²) < 4.78 is 54.6. The molecule has 2 aromatic carbocycles. The molecule has 1 N–H and O–H groups in total. The largest absolute Gasteiger partial charge is 0.435 e. The molecule has 11 heteroatoms. The highest BCUT2D eigenvalue weighted by molar-refractivity contribution is 5.94. The molecule has 0 atom stereocenters. The lowest BCUT2D eigenvalue weighted by Crippen LogP contribution is -2.33. The van der Waals surface area contributed by atoms with Crippen molar-refractivity contribution in [2.75, 3.05) is 7.05 Å². The molecule has 3 rings (SSSR count). The number of aromatic nitrogens is 3. The summed E-state index contributed by atoms with van der Waals surface area (Å²) in [6.45, 7) is 3.67. The van der Waals surface area contributed by atoms with E-state index in [1.54, 1.807) is 36.2 Å². The molecule has 0 bridgehead atoms. The fourth-order valence-electron chi connectivity index (χ4n) is 2.92. The molecule has 0 fully saturated rings. The van der Waals surface area contributed by atoms with Crippen LogP contribution in [0.5, 0.6) is 0 Å². The van der Waals surface area contributed by atoms with Crippen molar-refractivity contribution in [3.05, 3.63) is 76.9 Å². The fourth-order valence-corrected chi connectivity index (χ4v) is 2.92. The zero-order valence-corrected chi connectivity index (χ0v) is 18.0. The predicted molar refractivity (Wildman–Crippen MR) is 111 cm³/mol. The summed E-state index contributed by atoms with van der Waals surface area (Å²) in [6, 6.07) is 10.5. The fraction of sp³-hybridized carbons (Fsp3) is 0.273. The molecule has 0 saturated heterocycles. The van der Waals surface area contributed by atoms with Crippen molar-refractivity contribution in [2.45, 2.75) is 32.6 Å². The van der Waals surface area contributed by atoms with Gasteiger partial charge in [0.25, 0.3) is 11.8 Å². The van der Waals surface area contributed by atoms with E-state index in [1.165, 1.54) is 0 Å². The van der Waals surface area contributed by atoms with Crippen LogP contribution in [0.3, 0.4) is 0 Å². The van der Waals surface area contributed by atoms with Crippen LogP contribution in [0, 0.1) is 5.82 Å². The topological polar surface area (TPSA) is 80.1 Å². The SMILES string of the molecule is CC(C)N(C)C(=O)c1ccc(CNC(=O)c2nnn(-c3ccc(F)cc3)c2C(F)(F)F)cc1. The van der Waals surface area contributed by atoms with Gasteiger partial charge in [-0.1, -0.05) is 17.3 Å². The highest BCUT2D eigenvalue weighted by Crippen LogP contribution is 2.32. The van der Waals surface area contributed by atoms with Gasteiger partial charge in [0.1, 0.15) is 5.82 Å². The molecule has 1 aromatic heterocycles. The molecule has 174 valence electrons. The van der Waals surface area contributed by atoms with Gasteiger partial charge in [-0.15, -0.1) is 5.10 Å². The lowest BCUT2D eigenvalue weighted by atomic mass is 10.1. The minimum Gasteiger partial charge on any atom is -0.346 e. The number of hydrogen-bond donors (Lipinski definition) is 1. The second-order valence-corrected chi connectivity index (χ2v) is 7.56. The molecule has 2 amide bonds. The quantitative estimate of drug-likeness (QED) is 0.564. The molecular formula is C22H21F4N5O2. The predicted octanol–water partition coefficient (Wildman–Crippen LogP) is 3.84. The van der Waals surface area contributed by atoms with Crippen LogP contribution in [0.2, 0.25) is 0 Å². The van der Waals surface area contributed by atoms with E-state index >= 15 is 0 Å². The third kappa shape index (κ3) is 5.36. The molecule has 0 aliphatic carbocycles. The third-order valence-corrected chi connectivity index (χ3v) is 4.97. The summed E-state index contributed by atoms with van der Waals surface area (Å²) >= 11 is 0. The molecule has 7 nitrogen and oxygen atoms in total. The maximum absolute atomic E-state index is 13.7. The molecule has 0 radical (unpaired) electrons. The van der Waals surface area contributed by atoms with Crippen molar-refractivity contribution >= 4 is 11.8 Å². The summed E-state index contributed by atoms with van der Waals surface area (Å²) in [7, 11) is 1.68. The first-order chi connectivity index (χ1) is 15.5. The van der Waals surface area contributed by atoms with Gasteiger partial charge in [-0.3, -0.25) is 9.59 Å². The number of rotatable bonds is 6. The number of carbonyl (C=O) groups is 2. The van der Waals surface area contributed by atoms with Crippen LogP contribution in [0.4, 0.5) is 17.6 Å². The van der Waals surface area contributed by atoms with Crippen molar-refractivity contribution in [2.24, 2.45) is 0 Å². The lowest BCUT2D eigenvalue weighted by Gasteiger charge is -2.21. The lowest BCUT2D eigenvalue weighted by molar-refractivity contribution is -0.143. The molecule has 0 saturated carbocycles. The van der Waals surface area contributed by atoms with Crippen molar-refractivity contribution in [1.82, 2.24) is 25.2 Å². The van der Waals surface area contributed by atoms with Crippen molar-refractivity contribution in [3.63, 3.8) is 0 Å². The number of carbonyl (C=O) groups excluding carboxylic acids is 2. The highest BCUT2D eigenvalue weighted by atomic mass is 19.4. The maximum Gasteiger partial charge on any atom is 0.435 e. The molecular weight excluding hydrogens is 442 g/mol. The number of hydrogen-bond acceptors (Lipinski definition) is 4. The first kappa shape index (κ1) is 23.9. The number of nitrogens with zero attached hydrogens (tertiary/aromatic N) is 4. The average Bonchev–Trinajstić information content (AvgIpc) is 3.23. The minimum absolute atomic E-state index is 0.0163. The van der Waals surface area contributed by atoms with Gasteiger partial charge in [0, 0.05) is 25.2 Å². The number of amides is 2. The molecule has 3 aromatic rings. The Balaban J connectivity index is 1.77.